The summed E-state index contributed by atoms with van der Waals surface area (Å²) in [4.78, 5) is 18.4. The zero-order valence-electron chi connectivity index (χ0n) is 13.8. The van der Waals surface area contributed by atoms with E-state index in [0.717, 1.165) is 30.4 Å². The van der Waals surface area contributed by atoms with Gasteiger partial charge in [0.2, 0.25) is 0 Å². The molecule has 1 aromatic carbocycles. The Morgan fingerprint density at radius 2 is 2.04 bits per heavy atom. The maximum Gasteiger partial charge on any atom is 0.292 e. The fourth-order valence-electron chi connectivity index (χ4n) is 2.82. The zero-order valence-corrected chi connectivity index (χ0v) is 17.8. The molecule has 0 saturated carbocycles. The normalized spacial score (nSPS) is 11.5. The average Bonchev–Trinajstić information content (AvgIpc) is 2.99. The average molecular weight is 496 g/mol. The maximum atomic E-state index is 13.1. The number of thiophene rings is 1. The van der Waals surface area contributed by atoms with Crippen LogP contribution in [0.4, 0.5) is 0 Å². The number of fused-ring (bicyclic) bond motifs is 3. The van der Waals surface area contributed by atoms with Crippen molar-refractivity contribution in [2.45, 2.75) is 13.5 Å². The fraction of sp³-hybridized carbons (Fsp3) is 0.176. The van der Waals surface area contributed by atoms with E-state index < -0.39 is 0 Å². The monoisotopic (exact) mass is 494 g/mol. The van der Waals surface area contributed by atoms with Gasteiger partial charge in [0.25, 0.3) is 5.56 Å². The lowest BCUT2D eigenvalue weighted by Gasteiger charge is -2.08. The van der Waals surface area contributed by atoms with E-state index >= 15 is 0 Å². The molecule has 0 bridgehead atoms. The molecule has 0 radical (unpaired) electrons. The summed E-state index contributed by atoms with van der Waals surface area (Å²) in [6, 6.07) is 7.40. The molecule has 4 aromatic rings. The third-order valence-corrected chi connectivity index (χ3v) is 6.79. The summed E-state index contributed by atoms with van der Waals surface area (Å²) in [6.45, 7) is 2.30. The summed E-state index contributed by atoms with van der Waals surface area (Å²) in [7, 11) is 1.63. The zero-order chi connectivity index (χ0) is 18.4. The van der Waals surface area contributed by atoms with Crippen LogP contribution in [0, 0.1) is 6.92 Å². The van der Waals surface area contributed by atoms with Crippen molar-refractivity contribution in [3.05, 3.63) is 54.8 Å². The summed E-state index contributed by atoms with van der Waals surface area (Å²) < 4.78 is 8.80. The van der Waals surface area contributed by atoms with Gasteiger partial charge in [-0.25, -0.2) is 4.98 Å². The molecule has 0 fully saturated rings. The highest BCUT2D eigenvalue weighted by Gasteiger charge is 2.20. The van der Waals surface area contributed by atoms with Crippen molar-refractivity contribution in [3.63, 3.8) is 0 Å². The van der Waals surface area contributed by atoms with Gasteiger partial charge in [-0.1, -0.05) is 17.3 Å². The summed E-state index contributed by atoms with van der Waals surface area (Å²) in [6.07, 6.45) is 0. The van der Waals surface area contributed by atoms with Crippen molar-refractivity contribution in [2.24, 2.45) is 0 Å². The lowest BCUT2D eigenvalue weighted by atomic mass is 10.1. The van der Waals surface area contributed by atoms with Crippen LogP contribution >= 0.6 is 43.2 Å². The number of rotatable bonds is 3. The molecule has 6 nitrogen and oxygen atoms in total. The molecule has 0 spiro atoms. The topological polar surface area (TPSA) is 69.9 Å². The van der Waals surface area contributed by atoms with E-state index in [-0.39, 0.29) is 5.56 Å². The fourth-order valence-corrected chi connectivity index (χ4v) is 4.78. The first-order chi connectivity index (χ1) is 12.5. The second-order valence-corrected chi connectivity index (χ2v) is 8.29. The molecule has 132 valence electrons. The highest BCUT2D eigenvalue weighted by Crippen LogP contribution is 2.36. The molecule has 0 unspecified atom stereocenters. The number of aryl methyl sites for hydroxylation is 1. The van der Waals surface area contributed by atoms with E-state index in [9.17, 15) is 4.79 Å². The molecule has 0 aliphatic rings. The second-order valence-electron chi connectivity index (χ2n) is 5.64. The first-order valence-electron chi connectivity index (χ1n) is 7.64. The number of para-hydroxylation sites is 1. The number of hydrogen-bond donors (Lipinski definition) is 0. The van der Waals surface area contributed by atoms with E-state index in [1.807, 2.05) is 31.2 Å². The number of ether oxygens (including phenoxy) is 1. The van der Waals surface area contributed by atoms with Crippen LogP contribution in [-0.2, 0) is 11.3 Å². The Morgan fingerprint density at radius 3 is 2.77 bits per heavy atom. The largest absolute Gasteiger partial charge is 0.380 e. The second kappa shape index (κ2) is 6.80. The van der Waals surface area contributed by atoms with Gasteiger partial charge in [-0.3, -0.25) is 4.79 Å². The van der Waals surface area contributed by atoms with Gasteiger partial charge in [-0.05, 0) is 50.9 Å². The van der Waals surface area contributed by atoms with E-state index in [4.69, 9.17) is 4.74 Å². The molecule has 26 heavy (non-hydrogen) atoms. The van der Waals surface area contributed by atoms with Crippen molar-refractivity contribution in [2.75, 3.05) is 7.11 Å². The Bertz CT molecular complexity index is 1220. The van der Waals surface area contributed by atoms with Crippen LogP contribution in [-0.4, -0.2) is 27.1 Å². The van der Waals surface area contributed by atoms with Gasteiger partial charge in [0.1, 0.15) is 15.0 Å². The molecule has 4 rings (SSSR count). The van der Waals surface area contributed by atoms with Crippen LogP contribution < -0.4 is 5.56 Å². The molecule has 3 heterocycles. The minimum Gasteiger partial charge on any atom is -0.380 e. The molecule has 0 amide bonds. The van der Waals surface area contributed by atoms with E-state index in [0.29, 0.717) is 22.5 Å². The van der Waals surface area contributed by atoms with Gasteiger partial charge >= 0.3 is 0 Å². The van der Waals surface area contributed by atoms with Crippen LogP contribution in [0.2, 0.25) is 0 Å². The first kappa shape index (κ1) is 17.7. The van der Waals surface area contributed by atoms with Gasteiger partial charge in [0.05, 0.1) is 18.0 Å². The molecule has 3 aromatic heterocycles. The molecular formula is C17H12Br2N4O2S. The number of halogens is 2. The number of methoxy groups -OCH3 is 1. The molecule has 0 N–H and O–H groups in total. The Morgan fingerprint density at radius 1 is 1.27 bits per heavy atom. The molecule has 0 atom stereocenters. The highest BCUT2D eigenvalue weighted by molar-refractivity contribution is 9.11. The van der Waals surface area contributed by atoms with E-state index in [1.54, 1.807) is 7.11 Å². The molecule has 0 aliphatic heterocycles. The van der Waals surface area contributed by atoms with E-state index in [1.165, 1.54) is 16.0 Å². The number of pyridine rings is 1. The van der Waals surface area contributed by atoms with Crippen LogP contribution in [0.15, 0.2) is 38.0 Å². The Balaban J connectivity index is 2.09. The van der Waals surface area contributed by atoms with Gasteiger partial charge in [-0.15, -0.1) is 16.4 Å². The predicted molar refractivity (Wildman–Crippen MR) is 109 cm³/mol. The summed E-state index contributed by atoms with van der Waals surface area (Å²) in [5, 5.41) is 9.32. The number of hydrogen-bond acceptors (Lipinski definition) is 6. The van der Waals surface area contributed by atoms with Crippen molar-refractivity contribution in [1.29, 1.82) is 0 Å². The minimum absolute atomic E-state index is 0.220. The molecule has 0 aliphatic carbocycles. The summed E-state index contributed by atoms with van der Waals surface area (Å²) in [5.74, 6) is 0. The SMILES string of the molecule is COCc1c(Br)c(C)nc2sc3c(=O)n(-c4ccccc4Br)nnc3c12. The van der Waals surface area contributed by atoms with Crippen LogP contribution in [0.25, 0.3) is 26.1 Å². The van der Waals surface area contributed by atoms with Gasteiger partial charge in [-0.2, -0.15) is 4.68 Å². The van der Waals surface area contributed by atoms with Gasteiger partial charge < -0.3 is 4.74 Å². The van der Waals surface area contributed by atoms with Crippen molar-refractivity contribution < 1.29 is 4.74 Å². The standard InChI is InChI=1S/C17H12Br2N4O2S/c1-8-13(19)9(7-25-2)12-14-15(26-16(12)20-8)17(24)23(22-21-14)11-6-4-3-5-10(11)18/h3-6H,7H2,1-2H3. The summed E-state index contributed by atoms with van der Waals surface area (Å²) in [5.41, 5.74) is 2.75. The Labute approximate surface area is 169 Å². The quantitative estimate of drug-likeness (QED) is 0.422. The Hall–Kier alpha value is -1.68. The lowest BCUT2D eigenvalue weighted by molar-refractivity contribution is 0.185. The Kier molecular flexibility index (Phi) is 4.64. The maximum absolute atomic E-state index is 13.1. The third-order valence-electron chi connectivity index (χ3n) is 4.01. The van der Waals surface area contributed by atoms with Crippen LogP contribution in [0.3, 0.4) is 0 Å². The number of benzene rings is 1. The van der Waals surface area contributed by atoms with Crippen molar-refractivity contribution in [3.8, 4) is 5.69 Å². The first-order valence-corrected chi connectivity index (χ1v) is 10.0. The predicted octanol–water partition coefficient (Wildman–Crippen LogP) is 4.37. The summed E-state index contributed by atoms with van der Waals surface area (Å²) >= 11 is 8.36. The van der Waals surface area contributed by atoms with Crippen molar-refractivity contribution >= 4 is 63.6 Å². The molecule has 0 saturated heterocycles. The van der Waals surface area contributed by atoms with Crippen LogP contribution in [0.1, 0.15) is 11.3 Å². The third kappa shape index (κ3) is 2.70. The van der Waals surface area contributed by atoms with Gasteiger partial charge in [0, 0.05) is 27.0 Å². The van der Waals surface area contributed by atoms with Crippen LogP contribution in [0.5, 0.6) is 0 Å². The van der Waals surface area contributed by atoms with Crippen molar-refractivity contribution in [1.82, 2.24) is 20.0 Å². The number of nitrogens with zero attached hydrogens (tertiary/aromatic N) is 4. The van der Waals surface area contributed by atoms with E-state index in [2.05, 4.69) is 47.2 Å². The van der Waals surface area contributed by atoms with Gasteiger partial charge in [0.15, 0.2) is 0 Å². The lowest BCUT2D eigenvalue weighted by Crippen LogP contribution is -2.22. The highest BCUT2D eigenvalue weighted by atomic mass is 79.9. The number of aromatic nitrogens is 4. The smallest absolute Gasteiger partial charge is 0.292 e. The molecule has 9 heteroatoms. The minimum atomic E-state index is -0.220. The molecular weight excluding hydrogens is 484 g/mol.